The number of carbonyl (C=O) groups is 3. The van der Waals surface area contributed by atoms with E-state index in [0.29, 0.717) is 25.9 Å². The van der Waals surface area contributed by atoms with Crippen LogP contribution in [0.15, 0.2) is 12.7 Å². The second kappa shape index (κ2) is 7.23. The molecule has 0 saturated carbocycles. The van der Waals surface area contributed by atoms with Crippen LogP contribution in [0, 0.1) is 11.8 Å². The van der Waals surface area contributed by atoms with Gasteiger partial charge in [0.2, 0.25) is 5.91 Å². The van der Waals surface area contributed by atoms with Crippen molar-refractivity contribution in [3.05, 3.63) is 12.7 Å². The number of ether oxygens (including phenoxy) is 2. The molecule has 0 aromatic heterocycles. The molecular formula is C17H26N2O5. The summed E-state index contributed by atoms with van der Waals surface area (Å²) in [6, 6.07) is 0. The summed E-state index contributed by atoms with van der Waals surface area (Å²) in [5, 5.41) is 0. The molecule has 2 heterocycles. The summed E-state index contributed by atoms with van der Waals surface area (Å²) in [6.07, 6.45) is 1.90. The van der Waals surface area contributed by atoms with Crippen LogP contribution < -0.4 is 0 Å². The highest BCUT2D eigenvalue weighted by Crippen LogP contribution is 2.30. The Labute approximate surface area is 142 Å². The fraction of sp³-hybridized carbons (Fsp3) is 0.706. The number of hydrogen-bond acceptors (Lipinski definition) is 5. The first kappa shape index (κ1) is 18.3. The van der Waals surface area contributed by atoms with Gasteiger partial charge >= 0.3 is 12.2 Å². The van der Waals surface area contributed by atoms with Crippen LogP contribution in [0.2, 0.25) is 0 Å². The van der Waals surface area contributed by atoms with Gasteiger partial charge < -0.3 is 14.4 Å². The Morgan fingerprint density at radius 1 is 1.42 bits per heavy atom. The highest BCUT2D eigenvalue weighted by Gasteiger charge is 2.40. The number of amides is 3. The highest BCUT2D eigenvalue weighted by atomic mass is 16.6. The Morgan fingerprint density at radius 2 is 2.12 bits per heavy atom. The van der Waals surface area contributed by atoms with Crippen molar-refractivity contribution in [3.8, 4) is 0 Å². The maximum atomic E-state index is 12.7. The lowest BCUT2D eigenvalue weighted by atomic mass is 9.87. The number of rotatable bonds is 4. The molecule has 2 atom stereocenters. The second-order valence-corrected chi connectivity index (χ2v) is 7.21. The summed E-state index contributed by atoms with van der Waals surface area (Å²) in [5.74, 6) is -0.634. The minimum absolute atomic E-state index is 0.0172. The van der Waals surface area contributed by atoms with Gasteiger partial charge in [-0.2, -0.15) is 0 Å². The first-order valence-electron chi connectivity index (χ1n) is 8.30. The van der Waals surface area contributed by atoms with Gasteiger partial charge in [-0.1, -0.05) is 6.08 Å². The lowest BCUT2D eigenvalue weighted by Gasteiger charge is -2.26. The summed E-state index contributed by atoms with van der Waals surface area (Å²) in [4.78, 5) is 39.3. The molecule has 134 valence electrons. The van der Waals surface area contributed by atoms with Crippen LogP contribution in [0.1, 0.15) is 33.6 Å². The van der Waals surface area contributed by atoms with E-state index in [1.54, 1.807) is 11.0 Å². The topological polar surface area (TPSA) is 76.2 Å². The lowest BCUT2D eigenvalue weighted by Crippen LogP contribution is -2.41. The van der Waals surface area contributed by atoms with E-state index < -0.39 is 11.7 Å². The number of hydrogen-bond donors (Lipinski definition) is 0. The molecule has 0 spiro atoms. The fourth-order valence-corrected chi connectivity index (χ4v) is 3.08. The molecule has 0 aliphatic carbocycles. The molecule has 2 aliphatic rings. The fourth-order valence-electron chi connectivity index (χ4n) is 3.08. The van der Waals surface area contributed by atoms with Crippen molar-refractivity contribution in [1.82, 2.24) is 9.80 Å². The van der Waals surface area contributed by atoms with E-state index >= 15 is 0 Å². The molecule has 0 N–H and O–H groups in total. The lowest BCUT2D eigenvalue weighted by molar-refractivity contribution is -0.133. The van der Waals surface area contributed by atoms with Crippen LogP contribution in [0.4, 0.5) is 9.59 Å². The maximum Gasteiger partial charge on any atom is 0.416 e. The number of carbonyl (C=O) groups excluding carboxylic acids is 3. The monoisotopic (exact) mass is 338 g/mol. The van der Waals surface area contributed by atoms with E-state index in [2.05, 4.69) is 6.58 Å². The van der Waals surface area contributed by atoms with Crippen molar-refractivity contribution in [2.75, 3.05) is 26.2 Å². The summed E-state index contributed by atoms with van der Waals surface area (Å²) >= 11 is 0. The molecule has 3 amide bonds. The van der Waals surface area contributed by atoms with Crippen LogP contribution >= 0.6 is 0 Å². The molecule has 0 aromatic carbocycles. The normalized spacial score (nSPS) is 22.3. The molecule has 2 fully saturated rings. The molecule has 24 heavy (non-hydrogen) atoms. The van der Waals surface area contributed by atoms with Crippen LogP contribution in [0.5, 0.6) is 0 Å². The summed E-state index contributed by atoms with van der Waals surface area (Å²) in [6.45, 7) is 10.7. The van der Waals surface area contributed by atoms with Crippen LogP contribution in [-0.4, -0.2) is 59.7 Å². The SMILES string of the molecule is C=CCC(C(=O)N1CCOC1=O)C1CCN(C(=O)OC(C)(C)C)C1. The van der Waals surface area contributed by atoms with Crippen molar-refractivity contribution in [2.24, 2.45) is 11.8 Å². The number of cyclic esters (lactones) is 1. The van der Waals surface area contributed by atoms with Gasteiger partial charge in [0, 0.05) is 19.0 Å². The predicted molar refractivity (Wildman–Crippen MR) is 87.3 cm³/mol. The quantitative estimate of drug-likeness (QED) is 0.736. The van der Waals surface area contributed by atoms with Gasteiger partial charge in [0.25, 0.3) is 0 Å². The zero-order chi connectivity index (χ0) is 17.9. The third kappa shape index (κ3) is 4.27. The maximum absolute atomic E-state index is 12.7. The molecule has 0 bridgehead atoms. The molecule has 7 nitrogen and oxygen atoms in total. The van der Waals surface area contributed by atoms with E-state index in [1.165, 1.54) is 0 Å². The minimum atomic E-state index is -0.587. The summed E-state index contributed by atoms with van der Waals surface area (Å²) in [7, 11) is 0. The van der Waals surface area contributed by atoms with E-state index in [4.69, 9.17) is 9.47 Å². The Hall–Kier alpha value is -2.05. The Morgan fingerprint density at radius 3 is 2.67 bits per heavy atom. The van der Waals surface area contributed by atoms with Gasteiger partial charge in [0.05, 0.1) is 6.54 Å². The second-order valence-electron chi connectivity index (χ2n) is 7.21. The molecule has 2 saturated heterocycles. The molecule has 2 rings (SSSR count). The van der Waals surface area contributed by atoms with Gasteiger partial charge in [-0.05, 0) is 39.5 Å². The Bertz CT molecular complexity index is 526. The summed E-state index contributed by atoms with van der Waals surface area (Å²) < 4.78 is 10.2. The van der Waals surface area contributed by atoms with Crippen LogP contribution in [0.25, 0.3) is 0 Å². The average molecular weight is 338 g/mol. The summed E-state index contributed by atoms with van der Waals surface area (Å²) in [5.41, 5.74) is -0.551. The smallest absolute Gasteiger partial charge is 0.416 e. The average Bonchev–Trinajstić information content (AvgIpc) is 3.11. The van der Waals surface area contributed by atoms with E-state index in [9.17, 15) is 14.4 Å². The molecule has 2 aliphatic heterocycles. The largest absolute Gasteiger partial charge is 0.447 e. The van der Waals surface area contributed by atoms with Crippen molar-refractivity contribution >= 4 is 18.1 Å². The third-order valence-corrected chi connectivity index (χ3v) is 4.21. The molecular weight excluding hydrogens is 312 g/mol. The van der Waals surface area contributed by atoms with Crippen LogP contribution in [0.3, 0.4) is 0 Å². The van der Waals surface area contributed by atoms with Gasteiger partial charge in [-0.3, -0.25) is 4.79 Å². The van der Waals surface area contributed by atoms with Crippen LogP contribution in [-0.2, 0) is 14.3 Å². The number of likely N-dealkylation sites (tertiary alicyclic amines) is 1. The molecule has 2 unspecified atom stereocenters. The minimum Gasteiger partial charge on any atom is -0.447 e. The van der Waals surface area contributed by atoms with E-state index in [1.807, 2.05) is 20.8 Å². The number of nitrogens with zero attached hydrogens (tertiary/aromatic N) is 2. The van der Waals surface area contributed by atoms with Crippen molar-refractivity contribution in [1.29, 1.82) is 0 Å². The Kier molecular flexibility index (Phi) is 5.51. The predicted octanol–water partition coefficient (Wildman–Crippen LogP) is 2.41. The standard InChI is InChI=1S/C17H26N2O5/c1-5-6-13(14(20)19-9-10-23-16(19)22)12-7-8-18(11-12)15(21)24-17(2,3)4/h5,12-13H,1,6-11H2,2-4H3. The van der Waals surface area contributed by atoms with E-state index in [0.717, 1.165) is 4.90 Å². The zero-order valence-corrected chi connectivity index (χ0v) is 14.6. The zero-order valence-electron chi connectivity index (χ0n) is 14.6. The Balaban J connectivity index is 2.02. The molecule has 0 aromatic rings. The number of imide groups is 1. The van der Waals surface area contributed by atoms with Gasteiger partial charge in [-0.25, -0.2) is 14.5 Å². The van der Waals surface area contributed by atoms with Gasteiger partial charge in [0.1, 0.15) is 12.2 Å². The van der Waals surface area contributed by atoms with E-state index in [-0.39, 0.29) is 37.0 Å². The van der Waals surface area contributed by atoms with Crippen molar-refractivity contribution in [3.63, 3.8) is 0 Å². The number of allylic oxidation sites excluding steroid dienone is 1. The first-order chi connectivity index (χ1) is 11.2. The van der Waals surface area contributed by atoms with Gasteiger partial charge in [0.15, 0.2) is 0 Å². The van der Waals surface area contributed by atoms with Crippen molar-refractivity contribution in [2.45, 2.75) is 39.2 Å². The third-order valence-electron chi connectivity index (χ3n) is 4.21. The molecule has 7 heteroatoms. The molecule has 0 radical (unpaired) electrons. The van der Waals surface area contributed by atoms with Gasteiger partial charge in [-0.15, -0.1) is 6.58 Å². The first-order valence-corrected chi connectivity index (χ1v) is 8.30. The van der Waals surface area contributed by atoms with Crippen molar-refractivity contribution < 1.29 is 23.9 Å². The highest BCUT2D eigenvalue weighted by molar-refractivity contribution is 5.94.